The number of aromatic nitrogens is 4. The number of carbonyl (C=O) groups is 3. The maximum Gasteiger partial charge on any atom is 0.338 e. The predicted octanol–water partition coefficient (Wildman–Crippen LogP) is 2.45. The van der Waals surface area contributed by atoms with Crippen LogP contribution in [0.4, 0.5) is 5.95 Å². The monoisotopic (exact) mass is 517 g/mol. The van der Waals surface area contributed by atoms with Crippen LogP contribution in [0, 0.1) is 0 Å². The number of aromatic amines is 1. The Bertz CT molecular complexity index is 1530. The van der Waals surface area contributed by atoms with Gasteiger partial charge in [-0.2, -0.15) is 4.98 Å². The van der Waals surface area contributed by atoms with Crippen LogP contribution in [0.1, 0.15) is 40.3 Å². The van der Waals surface area contributed by atoms with Gasteiger partial charge in [-0.3, -0.25) is 24.5 Å². The van der Waals surface area contributed by atoms with E-state index < -0.39 is 41.8 Å². The standard InChI is InChI=1S/C26H23N5O7/c1-15(32)28-26-29-22-21(23(33)30-26)31(14-27-22)20-12-18(38-25(35)17-10-6-3-7-11-17)19(37-20)13-36-24(34)16-8-4-2-5-9-16/h2-11,14,18-20H,12-13H2,1H3,(H2,28,29,30,32,33)/t18-,19+,20+/m0/s1. The predicted molar refractivity (Wildman–Crippen MR) is 133 cm³/mol. The number of benzene rings is 2. The third kappa shape index (κ3) is 5.30. The number of nitrogens with one attached hydrogen (secondary N) is 2. The van der Waals surface area contributed by atoms with Gasteiger partial charge in [0.1, 0.15) is 25.0 Å². The highest BCUT2D eigenvalue weighted by Crippen LogP contribution is 2.33. The second kappa shape index (κ2) is 10.6. The van der Waals surface area contributed by atoms with Crippen LogP contribution >= 0.6 is 0 Å². The summed E-state index contributed by atoms with van der Waals surface area (Å²) in [7, 11) is 0. The summed E-state index contributed by atoms with van der Waals surface area (Å²) in [5, 5.41) is 2.42. The van der Waals surface area contributed by atoms with Crippen molar-refractivity contribution in [3.05, 3.63) is 88.5 Å². The van der Waals surface area contributed by atoms with E-state index >= 15 is 0 Å². The Hall–Kier alpha value is -4.84. The van der Waals surface area contributed by atoms with Crippen LogP contribution in [-0.4, -0.2) is 56.2 Å². The molecule has 4 aromatic rings. The molecule has 1 aliphatic heterocycles. The summed E-state index contributed by atoms with van der Waals surface area (Å²) in [6.45, 7) is 1.10. The summed E-state index contributed by atoms with van der Waals surface area (Å²) in [6.07, 6.45) is -0.847. The average molecular weight is 517 g/mol. The normalized spacial score (nSPS) is 18.7. The van der Waals surface area contributed by atoms with Gasteiger partial charge in [0.05, 0.1) is 17.5 Å². The first-order valence-electron chi connectivity index (χ1n) is 11.8. The first-order valence-corrected chi connectivity index (χ1v) is 11.8. The molecule has 0 radical (unpaired) electrons. The molecule has 1 saturated heterocycles. The summed E-state index contributed by atoms with van der Waals surface area (Å²) in [5.41, 5.74) is 0.386. The lowest BCUT2D eigenvalue weighted by Gasteiger charge is -2.19. The number of anilines is 1. The largest absolute Gasteiger partial charge is 0.459 e. The molecular formula is C26H23N5O7. The molecule has 0 aliphatic carbocycles. The van der Waals surface area contributed by atoms with Crippen LogP contribution in [0.25, 0.3) is 11.2 Å². The molecule has 1 fully saturated rings. The van der Waals surface area contributed by atoms with Crippen LogP contribution < -0.4 is 10.9 Å². The third-order valence-electron chi connectivity index (χ3n) is 5.88. The third-order valence-corrected chi connectivity index (χ3v) is 5.88. The molecule has 0 bridgehead atoms. The van der Waals surface area contributed by atoms with Crippen molar-refractivity contribution in [2.45, 2.75) is 31.8 Å². The molecule has 12 heteroatoms. The fraction of sp³-hybridized carbons (Fsp3) is 0.231. The fourth-order valence-electron chi connectivity index (χ4n) is 4.14. The zero-order valence-corrected chi connectivity index (χ0v) is 20.2. The van der Waals surface area contributed by atoms with Crippen molar-refractivity contribution in [2.24, 2.45) is 0 Å². The van der Waals surface area contributed by atoms with Gasteiger partial charge in [-0.25, -0.2) is 14.6 Å². The van der Waals surface area contributed by atoms with E-state index in [0.29, 0.717) is 11.1 Å². The lowest BCUT2D eigenvalue weighted by atomic mass is 10.1. The van der Waals surface area contributed by atoms with Gasteiger partial charge in [-0.05, 0) is 24.3 Å². The number of rotatable bonds is 7. The quantitative estimate of drug-likeness (QED) is 0.352. The average Bonchev–Trinajstić information content (AvgIpc) is 3.52. The van der Waals surface area contributed by atoms with Crippen LogP contribution in [0.2, 0.25) is 0 Å². The minimum atomic E-state index is -0.816. The van der Waals surface area contributed by atoms with Gasteiger partial charge in [0.2, 0.25) is 11.9 Å². The van der Waals surface area contributed by atoms with Crippen LogP contribution in [-0.2, 0) is 19.0 Å². The van der Waals surface area contributed by atoms with E-state index in [9.17, 15) is 19.2 Å². The number of amides is 1. The van der Waals surface area contributed by atoms with Crippen molar-refractivity contribution in [1.82, 2.24) is 19.5 Å². The minimum Gasteiger partial charge on any atom is -0.459 e. The van der Waals surface area contributed by atoms with E-state index in [0.717, 1.165) is 0 Å². The number of imidazole rings is 1. The van der Waals surface area contributed by atoms with Crippen LogP contribution in [0.5, 0.6) is 0 Å². The fourth-order valence-corrected chi connectivity index (χ4v) is 4.14. The Morgan fingerprint density at radius 3 is 2.37 bits per heavy atom. The molecule has 2 aromatic heterocycles. The smallest absolute Gasteiger partial charge is 0.338 e. The summed E-state index contributed by atoms with van der Waals surface area (Å²) >= 11 is 0. The number of H-pyrrole nitrogens is 1. The lowest BCUT2D eigenvalue weighted by Crippen LogP contribution is -2.32. The summed E-state index contributed by atoms with van der Waals surface area (Å²) in [4.78, 5) is 60.3. The molecule has 12 nitrogen and oxygen atoms in total. The molecule has 0 unspecified atom stereocenters. The highest BCUT2D eigenvalue weighted by molar-refractivity contribution is 5.90. The van der Waals surface area contributed by atoms with Gasteiger partial charge < -0.3 is 14.2 Å². The Morgan fingerprint density at radius 2 is 1.71 bits per heavy atom. The van der Waals surface area contributed by atoms with E-state index in [2.05, 4.69) is 20.3 Å². The molecule has 2 N–H and O–H groups in total. The molecule has 194 valence electrons. The molecule has 1 aliphatic rings. The summed E-state index contributed by atoms with van der Waals surface area (Å²) in [6, 6.07) is 16.9. The number of carbonyl (C=O) groups excluding carboxylic acids is 3. The first kappa shape index (κ1) is 24.8. The Labute approximate surface area is 215 Å². The van der Waals surface area contributed by atoms with Crippen molar-refractivity contribution in [1.29, 1.82) is 0 Å². The van der Waals surface area contributed by atoms with Gasteiger partial charge in [0, 0.05) is 13.3 Å². The Morgan fingerprint density at radius 1 is 1.05 bits per heavy atom. The van der Waals surface area contributed by atoms with E-state index in [1.54, 1.807) is 60.7 Å². The Balaban J connectivity index is 1.39. The first-order chi connectivity index (χ1) is 18.4. The highest BCUT2D eigenvalue weighted by Gasteiger charge is 2.40. The number of hydrogen-bond donors (Lipinski definition) is 2. The van der Waals surface area contributed by atoms with Crippen LogP contribution in [0.3, 0.4) is 0 Å². The molecular weight excluding hydrogens is 494 g/mol. The van der Waals surface area contributed by atoms with E-state index in [4.69, 9.17) is 14.2 Å². The zero-order chi connectivity index (χ0) is 26.6. The summed E-state index contributed by atoms with van der Waals surface area (Å²) < 4.78 is 18.8. The van der Waals surface area contributed by atoms with E-state index in [-0.39, 0.29) is 30.1 Å². The highest BCUT2D eigenvalue weighted by atomic mass is 16.6. The number of ether oxygens (including phenoxy) is 3. The van der Waals surface area contributed by atoms with Crippen molar-refractivity contribution in [2.75, 3.05) is 11.9 Å². The molecule has 38 heavy (non-hydrogen) atoms. The maximum atomic E-state index is 12.8. The zero-order valence-electron chi connectivity index (χ0n) is 20.2. The van der Waals surface area contributed by atoms with Gasteiger partial charge in [-0.1, -0.05) is 36.4 Å². The lowest BCUT2D eigenvalue weighted by molar-refractivity contribution is -0.114. The Kier molecular flexibility index (Phi) is 6.96. The van der Waals surface area contributed by atoms with Gasteiger partial charge >= 0.3 is 11.9 Å². The molecule has 0 saturated carbocycles. The van der Waals surface area contributed by atoms with Crippen molar-refractivity contribution in [3.8, 4) is 0 Å². The number of hydrogen-bond acceptors (Lipinski definition) is 9. The summed E-state index contributed by atoms with van der Waals surface area (Å²) in [5.74, 6) is -1.55. The van der Waals surface area contributed by atoms with Crippen molar-refractivity contribution in [3.63, 3.8) is 0 Å². The molecule has 0 spiro atoms. The second-order valence-electron chi connectivity index (χ2n) is 8.56. The number of esters is 2. The van der Waals surface area contributed by atoms with Crippen molar-refractivity contribution >= 4 is 35.0 Å². The topological polar surface area (TPSA) is 155 Å². The van der Waals surface area contributed by atoms with E-state index in [1.165, 1.54) is 17.8 Å². The van der Waals surface area contributed by atoms with Crippen molar-refractivity contribution < 1.29 is 28.6 Å². The van der Waals surface area contributed by atoms with E-state index in [1.807, 2.05) is 0 Å². The molecule has 3 atom stereocenters. The van der Waals surface area contributed by atoms with Gasteiger partial charge in [0.25, 0.3) is 5.56 Å². The minimum absolute atomic E-state index is 0.0343. The number of nitrogens with zero attached hydrogens (tertiary/aromatic N) is 3. The number of fused-ring (bicyclic) bond motifs is 1. The molecule has 5 rings (SSSR count). The SMILES string of the molecule is CC(=O)Nc1nc2ncn([C@H]3C[C@H](OC(=O)c4ccccc4)[C@@H](COC(=O)c4ccccc4)O3)c2c(=O)[nH]1. The van der Waals surface area contributed by atoms with Crippen LogP contribution in [0.15, 0.2) is 71.8 Å². The molecule has 2 aromatic carbocycles. The molecule has 1 amide bonds. The second-order valence-corrected chi connectivity index (χ2v) is 8.56. The molecule has 3 heterocycles. The van der Waals surface area contributed by atoms with Gasteiger partial charge in [0.15, 0.2) is 11.2 Å². The van der Waals surface area contributed by atoms with Gasteiger partial charge in [-0.15, -0.1) is 0 Å². The maximum absolute atomic E-state index is 12.8.